The molecule has 0 bridgehead atoms. The molecule has 1 atom stereocenters. The number of esters is 1. The first kappa shape index (κ1) is 20.4. The highest BCUT2D eigenvalue weighted by Gasteiger charge is 2.23. The summed E-state index contributed by atoms with van der Waals surface area (Å²) in [6, 6.07) is 1.94. The minimum atomic E-state index is -0.848. The van der Waals surface area contributed by atoms with Gasteiger partial charge in [0, 0.05) is 17.4 Å². The topological polar surface area (TPSA) is 55.4 Å². The number of nitrogens with one attached hydrogen (secondary N) is 1. The van der Waals surface area contributed by atoms with Crippen molar-refractivity contribution in [1.82, 2.24) is 0 Å². The SMILES string of the molecule is CCCOC(=O)C(CCC)Sc1cc(NC(=O)CC)c(F)cc1F. The molecule has 0 heterocycles. The summed E-state index contributed by atoms with van der Waals surface area (Å²) in [5.74, 6) is -2.40. The highest BCUT2D eigenvalue weighted by atomic mass is 32.2. The predicted molar refractivity (Wildman–Crippen MR) is 91.1 cm³/mol. The third kappa shape index (κ3) is 6.11. The van der Waals surface area contributed by atoms with E-state index in [1.165, 1.54) is 6.07 Å². The molecule has 0 spiro atoms. The molecule has 0 fully saturated rings. The number of rotatable bonds is 9. The van der Waals surface area contributed by atoms with E-state index in [1.54, 1.807) is 6.92 Å². The molecule has 1 unspecified atom stereocenters. The average Bonchev–Trinajstić information content (AvgIpc) is 2.55. The van der Waals surface area contributed by atoms with Crippen molar-refractivity contribution in [2.45, 2.75) is 56.6 Å². The van der Waals surface area contributed by atoms with Crippen molar-refractivity contribution in [3.8, 4) is 0 Å². The second kappa shape index (κ2) is 10.3. The molecule has 1 aromatic carbocycles. The number of benzene rings is 1. The fourth-order valence-electron chi connectivity index (χ4n) is 1.89. The molecular formula is C17H23F2NO3S. The lowest BCUT2D eigenvalue weighted by atomic mass is 10.2. The standard InChI is InChI=1S/C17H23F2NO3S/c1-4-7-14(17(22)23-8-5-2)24-15-10-13(20-16(21)6-3)11(18)9-12(15)19/h9-10,14H,4-8H2,1-3H3,(H,20,21). The number of hydrogen-bond acceptors (Lipinski definition) is 4. The van der Waals surface area contributed by atoms with Crippen LogP contribution in [0.5, 0.6) is 0 Å². The maximum atomic E-state index is 14.0. The molecule has 0 saturated carbocycles. The molecule has 0 saturated heterocycles. The molecule has 1 aromatic rings. The Morgan fingerprint density at radius 3 is 2.46 bits per heavy atom. The van der Waals surface area contributed by atoms with Crippen LogP contribution in [0.15, 0.2) is 17.0 Å². The lowest BCUT2D eigenvalue weighted by Gasteiger charge is -2.16. The van der Waals surface area contributed by atoms with Crippen LogP contribution in [0.4, 0.5) is 14.5 Å². The fraction of sp³-hybridized carbons (Fsp3) is 0.529. The van der Waals surface area contributed by atoms with E-state index >= 15 is 0 Å². The Morgan fingerprint density at radius 2 is 1.88 bits per heavy atom. The number of anilines is 1. The van der Waals surface area contributed by atoms with Crippen LogP contribution in [0.25, 0.3) is 0 Å². The van der Waals surface area contributed by atoms with Gasteiger partial charge in [-0.3, -0.25) is 9.59 Å². The first-order valence-corrected chi connectivity index (χ1v) is 8.92. The molecule has 1 rings (SSSR count). The van der Waals surface area contributed by atoms with Crippen LogP contribution in [0, 0.1) is 11.6 Å². The second-order valence-electron chi connectivity index (χ2n) is 5.23. The van der Waals surface area contributed by atoms with Gasteiger partial charge in [-0.2, -0.15) is 0 Å². The highest BCUT2D eigenvalue weighted by molar-refractivity contribution is 8.00. The summed E-state index contributed by atoms with van der Waals surface area (Å²) >= 11 is 0.989. The van der Waals surface area contributed by atoms with Gasteiger partial charge in [0.1, 0.15) is 16.9 Å². The zero-order valence-electron chi connectivity index (χ0n) is 14.2. The number of ether oxygens (including phenoxy) is 1. The molecule has 0 aliphatic carbocycles. The van der Waals surface area contributed by atoms with Gasteiger partial charge in [0.25, 0.3) is 0 Å². The van der Waals surface area contributed by atoms with Gasteiger partial charge in [-0.25, -0.2) is 8.78 Å². The number of hydrogen-bond donors (Lipinski definition) is 1. The van der Waals surface area contributed by atoms with E-state index in [0.717, 1.165) is 18.2 Å². The van der Waals surface area contributed by atoms with Crippen LogP contribution in [-0.2, 0) is 14.3 Å². The van der Waals surface area contributed by atoms with E-state index in [2.05, 4.69) is 5.32 Å². The first-order valence-electron chi connectivity index (χ1n) is 8.05. The van der Waals surface area contributed by atoms with Crippen LogP contribution in [0.2, 0.25) is 0 Å². The van der Waals surface area contributed by atoms with Crippen LogP contribution in [0.1, 0.15) is 46.5 Å². The van der Waals surface area contributed by atoms with Crippen molar-refractivity contribution >= 4 is 29.3 Å². The summed E-state index contributed by atoms with van der Waals surface area (Å²) < 4.78 is 33.0. The first-order chi connectivity index (χ1) is 11.4. The molecule has 4 nitrogen and oxygen atoms in total. The maximum absolute atomic E-state index is 14.0. The maximum Gasteiger partial charge on any atom is 0.319 e. The van der Waals surface area contributed by atoms with E-state index in [0.29, 0.717) is 25.5 Å². The Hall–Kier alpha value is -1.63. The third-order valence-electron chi connectivity index (χ3n) is 3.15. The van der Waals surface area contributed by atoms with E-state index < -0.39 is 22.9 Å². The van der Waals surface area contributed by atoms with Crippen LogP contribution >= 0.6 is 11.8 Å². The van der Waals surface area contributed by atoms with Gasteiger partial charge in [0.2, 0.25) is 5.91 Å². The average molecular weight is 359 g/mol. The zero-order chi connectivity index (χ0) is 18.1. The van der Waals surface area contributed by atoms with Crippen molar-refractivity contribution in [1.29, 1.82) is 0 Å². The normalized spacial score (nSPS) is 11.9. The Labute approximate surface area is 145 Å². The zero-order valence-corrected chi connectivity index (χ0v) is 15.0. The summed E-state index contributed by atoms with van der Waals surface area (Å²) in [6.45, 7) is 5.74. The summed E-state index contributed by atoms with van der Waals surface area (Å²) in [6.07, 6.45) is 2.12. The molecule has 24 heavy (non-hydrogen) atoms. The van der Waals surface area contributed by atoms with Gasteiger partial charge in [-0.15, -0.1) is 11.8 Å². The van der Waals surface area contributed by atoms with Crippen molar-refractivity contribution < 1.29 is 23.1 Å². The van der Waals surface area contributed by atoms with Crippen LogP contribution in [-0.4, -0.2) is 23.7 Å². The van der Waals surface area contributed by atoms with Gasteiger partial charge in [-0.1, -0.05) is 27.2 Å². The summed E-state index contributed by atoms with van der Waals surface area (Å²) in [4.78, 5) is 23.6. The molecule has 1 amide bonds. The van der Waals surface area contributed by atoms with Gasteiger partial charge < -0.3 is 10.1 Å². The molecule has 0 radical (unpaired) electrons. The molecule has 0 aliphatic heterocycles. The largest absolute Gasteiger partial charge is 0.465 e. The van der Waals surface area contributed by atoms with Crippen molar-refractivity contribution in [3.05, 3.63) is 23.8 Å². The van der Waals surface area contributed by atoms with Crippen molar-refractivity contribution in [3.63, 3.8) is 0 Å². The van der Waals surface area contributed by atoms with Crippen molar-refractivity contribution in [2.75, 3.05) is 11.9 Å². The Balaban J connectivity index is 2.98. The van der Waals surface area contributed by atoms with Gasteiger partial charge in [0.15, 0.2) is 0 Å². The third-order valence-corrected chi connectivity index (χ3v) is 4.43. The highest BCUT2D eigenvalue weighted by Crippen LogP contribution is 2.33. The molecular weight excluding hydrogens is 336 g/mol. The Bertz CT molecular complexity index is 581. The van der Waals surface area contributed by atoms with Crippen molar-refractivity contribution in [2.24, 2.45) is 0 Å². The van der Waals surface area contributed by atoms with E-state index in [9.17, 15) is 18.4 Å². The number of amides is 1. The van der Waals surface area contributed by atoms with E-state index in [1.807, 2.05) is 13.8 Å². The number of halogens is 2. The minimum absolute atomic E-state index is 0.0945. The molecule has 0 aliphatic rings. The Kier molecular flexibility index (Phi) is 8.74. The number of thioether (sulfide) groups is 1. The van der Waals surface area contributed by atoms with Gasteiger partial charge in [-0.05, 0) is 18.9 Å². The summed E-state index contributed by atoms with van der Waals surface area (Å²) in [7, 11) is 0. The predicted octanol–water partition coefficient (Wildman–Crippen LogP) is 4.53. The smallest absolute Gasteiger partial charge is 0.319 e. The fourth-order valence-corrected chi connectivity index (χ4v) is 3.07. The molecule has 0 aromatic heterocycles. The lowest BCUT2D eigenvalue weighted by molar-refractivity contribution is -0.143. The monoisotopic (exact) mass is 359 g/mol. The molecule has 7 heteroatoms. The Morgan fingerprint density at radius 1 is 1.17 bits per heavy atom. The molecule has 1 N–H and O–H groups in total. The quantitative estimate of drug-likeness (QED) is 0.520. The van der Waals surface area contributed by atoms with E-state index in [4.69, 9.17) is 4.74 Å². The molecule has 134 valence electrons. The summed E-state index contributed by atoms with van der Waals surface area (Å²) in [5.41, 5.74) is -0.0945. The van der Waals surface area contributed by atoms with Crippen LogP contribution < -0.4 is 5.32 Å². The van der Waals surface area contributed by atoms with Gasteiger partial charge >= 0.3 is 5.97 Å². The number of carbonyl (C=O) groups excluding carboxylic acids is 2. The van der Waals surface area contributed by atoms with E-state index in [-0.39, 0.29) is 22.9 Å². The minimum Gasteiger partial charge on any atom is -0.465 e. The summed E-state index contributed by atoms with van der Waals surface area (Å²) in [5, 5.41) is 1.81. The number of carbonyl (C=O) groups is 2. The lowest BCUT2D eigenvalue weighted by Crippen LogP contribution is -2.21. The second-order valence-corrected chi connectivity index (χ2v) is 6.47. The van der Waals surface area contributed by atoms with Gasteiger partial charge in [0.05, 0.1) is 12.3 Å². The van der Waals surface area contributed by atoms with Crippen LogP contribution in [0.3, 0.4) is 0 Å².